The van der Waals surface area contributed by atoms with Crippen LogP contribution in [0.15, 0.2) is 0 Å². The van der Waals surface area contributed by atoms with Crippen LogP contribution in [-0.4, -0.2) is 12.0 Å². The fourth-order valence-electron chi connectivity index (χ4n) is 0.139. The molecule has 1 unspecified atom stereocenters. The molecule has 0 radical (unpaired) electrons. The summed E-state index contributed by atoms with van der Waals surface area (Å²) in [6.45, 7) is 1.84. The highest BCUT2D eigenvalue weighted by atomic mass is 35.7. The van der Waals surface area contributed by atoms with Gasteiger partial charge in [-0.2, -0.15) is 0 Å². The van der Waals surface area contributed by atoms with Gasteiger partial charge in [0.15, 0.2) is 0 Å². The van der Waals surface area contributed by atoms with Crippen molar-refractivity contribution in [1.82, 2.24) is 0 Å². The largest absolute Gasteiger partial charge is 0.303 e. The van der Waals surface area contributed by atoms with E-state index >= 15 is 0 Å². The van der Waals surface area contributed by atoms with Crippen LogP contribution in [0.4, 0.5) is 0 Å². The third-order valence-corrected chi connectivity index (χ3v) is 1.59. The van der Waals surface area contributed by atoms with E-state index in [1.54, 1.807) is 0 Å². The lowest BCUT2D eigenvalue weighted by atomic mass is 10.3. The monoisotopic (exact) mass is 138 g/mol. The smallest absolute Gasteiger partial charge is 0.123 e. The van der Waals surface area contributed by atoms with E-state index in [1.807, 2.05) is 6.92 Å². The topological polar surface area (TPSA) is 17.1 Å². The summed E-state index contributed by atoms with van der Waals surface area (Å²) < 4.78 is 0. The maximum Gasteiger partial charge on any atom is 0.123 e. The van der Waals surface area contributed by atoms with E-state index in [9.17, 15) is 4.79 Å². The minimum absolute atomic E-state index is 0.0995. The molecule has 0 amide bonds. The van der Waals surface area contributed by atoms with E-state index in [0.29, 0.717) is 5.75 Å². The third-order valence-electron chi connectivity index (χ3n) is 0.558. The molecule has 0 aromatic rings. The Bertz CT molecular complexity index is 57.7. The fraction of sp³-hybridized carbons (Fsp3) is 0.750. The van der Waals surface area contributed by atoms with E-state index in [-0.39, 0.29) is 5.92 Å². The molecule has 0 aromatic heterocycles. The second-order valence-electron chi connectivity index (χ2n) is 1.39. The van der Waals surface area contributed by atoms with Crippen LogP contribution in [0.2, 0.25) is 0 Å². The molecule has 0 aromatic carbocycles. The maximum atomic E-state index is 9.82. The summed E-state index contributed by atoms with van der Waals surface area (Å²) in [5.41, 5.74) is 0. The van der Waals surface area contributed by atoms with Gasteiger partial charge in [0.25, 0.3) is 0 Å². The van der Waals surface area contributed by atoms with Gasteiger partial charge in [-0.25, -0.2) is 0 Å². The summed E-state index contributed by atoms with van der Waals surface area (Å²) in [6.07, 6.45) is 0.898. The zero-order valence-electron chi connectivity index (χ0n) is 4.06. The highest BCUT2D eigenvalue weighted by Gasteiger charge is 1.95. The van der Waals surface area contributed by atoms with Gasteiger partial charge in [-0.3, -0.25) is 0 Å². The van der Waals surface area contributed by atoms with Gasteiger partial charge in [0, 0.05) is 11.7 Å². The van der Waals surface area contributed by atoms with Gasteiger partial charge in [0.1, 0.15) is 6.29 Å². The van der Waals surface area contributed by atoms with Gasteiger partial charge in [-0.1, -0.05) is 17.9 Å². The molecule has 0 spiro atoms. The molecule has 0 aliphatic heterocycles. The molecule has 0 fully saturated rings. The lowest BCUT2D eigenvalue weighted by molar-refractivity contribution is -0.110. The number of hydrogen-bond donors (Lipinski definition) is 0. The zero-order chi connectivity index (χ0) is 5.70. The molecule has 0 bridgehead atoms. The number of aldehydes is 1. The standard InChI is InChI=1S/C4H7ClOS/c1-4(2-6)3-7-5/h2,4H,3H2,1H3. The molecule has 1 atom stereocenters. The van der Waals surface area contributed by atoms with Crippen molar-refractivity contribution >= 4 is 27.9 Å². The summed E-state index contributed by atoms with van der Waals surface area (Å²) in [4.78, 5) is 9.82. The Morgan fingerprint density at radius 2 is 2.57 bits per heavy atom. The Morgan fingerprint density at radius 1 is 2.00 bits per heavy atom. The first kappa shape index (κ1) is 7.31. The molecule has 0 rings (SSSR count). The maximum absolute atomic E-state index is 9.82. The van der Waals surface area contributed by atoms with Crippen molar-refractivity contribution in [3.63, 3.8) is 0 Å². The Kier molecular flexibility index (Phi) is 4.67. The molecule has 0 aliphatic rings. The Hall–Kier alpha value is 0.310. The van der Waals surface area contributed by atoms with Gasteiger partial charge in [-0.15, -0.1) is 0 Å². The molecule has 42 valence electrons. The first-order valence-electron chi connectivity index (χ1n) is 2.00. The molecule has 3 heteroatoms. The number of halogens is 1. The molecule has 1 nitrogen and oxygen atoms in total. The second kappa shape index (κ2) is 4.47. The average molecular weight is 139 g/mol. The van der Waals surface area contributed by atoms with E-state index in [0.717, 1.165) is 6.29 Å². The molecule has 0 aliphatic carbocycles. The van der Waals surface area contributed by atoms with Crippen LogP contribution in [0.1, 0.15) is 6.92 Å². The third kappa shape index (κ3) is 4.16. The Balaban J connectivity index is 2.98. The van der Waals surface area contributed by atoms with Crippen molar-refractivity contribution in [3.8, 4) is 0 Å². The normalized spacial score (nSPS) is 13.4. The van der Waals surface area contributed by atoms with Crippen LogP contribution in [-0.2, 0) is 4.79 Å². The second-order valence-corrected chi connectivity index (χ2v) is 2.60. The van der Waals surface area contributed by atoms with Crippen LogP contribution in [0.5, 0.6) is 0 Å². The van der Waals surface area contributed by atoms with Gasteiger partial charge in [0.2, 0.25) is 0 Å². The highest BCUT2D eigenvalue weighted by molar-refractivity contribution is 8.21. The lowest BCUT2D eigenvalue weighted by Gasteiger charge is -1.92. The Morgan fingerprint density at radius 3 is 2.71 bits per heavy atom. The molecular weight excluding hydrogens is 132 g/mol. The van der Waals surface area contributed by atoms with Gasteiger partial charge < -0.3 is 4.79 Å². The van der Waals surface area contributed by atoms with Crippen molar-refractivity contribution in [2.45, 2.75) is 6.92 Å². The molecular formula is C4H7ClOS. The molecule has 0 heterocycles. The number of hydrogen-bond acceptors (Lipinski definition) is 2. The van der Waals surface area contributed by atoms with E-state index < -0.39 is 0 Å². The van der Waals surface area contributed by atoms with E-state index in [1.165, 1.54) is 11.0 Å². The van der Waals surface area contributed by atoms with Crippen LogP contribution in [0.3, 0.4) is 0 Å². The molecule has 0 N–H and O–H groups in total. The van der Waals surface area contributed by atoms with Gasteiger partial charge in [-0.05, 0) is 10.7 Å². The quantitative estimate of drug-likeness (QED) is 0.553. The molecule has 0 saturated heterocycles. The summed E-state index contributed by atoms with van der Waals surface area (Å²) in [6, 6.07) is 0. The van der Waals surface area contributed by atoms with Crippen LogP contribution in [0, 0.1) is 5.92 Å². The van der Waals surface area contributed by atoms with Crippen LogP contribution < -0.4 is 0 Å². The number of carbonyl (C=O) groups excluding carboxylic acids is 1. The molecule has 0 saturated carbocycles. The van der Waals surface area contributed by atoms with Crippen molar-refractivity contribution < 1.29 is 4.79 Å². The van der Waals surface area contributed by atoms with Crippen molar-refractivity contribution in [3.05, 3.63) is 0 Å². The van der Waals surface area contributed by atoms with Crippen molar-refractivity contribution in [2.24, 2.45) is 5.92 Å². The van der Waals surface area contributed by atoms with E-state index in [4.69, 9.17) is 10.7 Å². The van der Waals surface area contributed by atoms with E-state index in [2.05, 4.69) is 0 Å². The summed E-state index contributed by atoms with van der Waals surface area (Å²) in [5.74, 6) is 0.813. The number of carbonyl (C=O) groups is 1. The summed E-state index contributed by atoms with van der Waals surface area (Å²) >= 11 is 0. The van der Waals surface area contributed by atoms with Crippen molar-refractivity contribution in [1.29, 1.82) is 0 Å². The predicted molar refractivity (Wildman–Crippen MR) is 33.5 cm³/mol. The first-order chi connectivity index (χ1) is 3.31. The lowest BCUT2D eigenvalue weighted by Crippen LogP contribution is -1.96. The fourth-order valence-corrected chi connectivity index (χ4v) is 1.01. The van der Waals surface area contributed by atoms with Gasteiger partial charge >= 0.3 is 0 Å². The minimum atomic E-state index is 0.0995. The van der Waals surface area contributed by atoms with Crippen LogP contribution >= 0.6 is 21.7 Å². The molecule has 7 heavy (non-hydrogen) atoms. The first-order valence-corrected chi connectivity index (χ1v) is 3.81. The highest BCUT2D eigenvalue weighted by Crippen LogP contribution is 2.09. The van der Waals surface area contributed by atoms with Crippen LogP contribution in [0.25, 0.3) is 0 Å². The summed E-state index contributed by atoms with van der Waals surface area (Å²) in [5, 5.41) is 0. The predicted octanol–water partition coefficient (Wildman–Crippen LogP) is 1.71. The Labute approximate surface area is 51.9 Å². The zero-order valence-corrected chi connectivity index (χ0v) is 5.63. The van der Waals surface area contributed by atoms with Gasteiger partial charge in [0.05, 0.1) is 0 Å². The minimum Gasteiger partial charge on any atom is -0.303 e. The average Bonchev–Trinajstić information content (AvgIpc) is 1.68. The van der Waals surface area contributed by atoms with Crippen molar-refractivity contribution in [2.75, 3.05) is 5.75 Å². The number of rotatable bonds is 3. The SMILES string of the molecule is CC(C=O)CSCl. The summed E-state index contributed by atoms with van der Waals surface area (Å²) in [7, 11) is 6.41.